The van der Waals surface area contributed by atoms with Crippen LogP contribution in [0.3, 0.4) is 0 Å². The zero-order valence-electron chi connectivity index (χ0n) is 11.2. The zero-order valence-corrected chi connectivity index (χ0v) is 11.2. The van der Waals surface area contributed by atoms with E-state index >= 15 is 0 Å². The van der Waals surface area contributed by atoms with Crippen molar-refractivity contribution in [1.29, 1.82) is 0 Å². The van der Waals surface area contributed by atoms with Crippen molar-refractivity contribution in [2.45, 2.75) is 0 Å². The second-order valence-corrected chi connectivity index (χ2v) is 4.53. The Kier molecular flexibility index (Phi) is 3.89. The molecule has 2 N–H and O–H groups in total. The normalized spacial score (nSPS) is 10.2. The Balaban J connectivity index is 2.28. The molecule has 0 aliphatic rings. The quantitative estimate of drug-likeness (QED) is 0.905. The van der Waals surface area contributed by atoms with E-state index in [1.807, 2.05) is 31.1 Å². The van der Waals surface area contributed by atoms with Crippen molar-refractivity contribution >= 4 is 17.3 Å². The highest BCUT2D eigenvalue weighted by atomic mass is 19.1. The Morgan fingerprint density at radius 1 is 1.20 bits per heavy atom. The van der Waals surface area contributed by atoms with E-state index in [9.17, 15) is 14.3 Å². The number of phenolic OH excluding ortho intramolecular Hbond substituents is 1. The summed E-state index contributed by atoms with van der Waals surface area (Å²) >= 11 is 0. The van der Waals surface area contributed by atoms with Crippen molar-refractivity contribution in [3.05, 3.63) is 53.8 Å². The summed E-state index contributed by atoms with van der Waals surface area (Å²) in [6.07, 6.45) is 0. The van der Waals surface area contributed by atoms with Crippen LogP contribution < -0.4 is 10.2 Å². The molecule has 0 unspecified atom stereocenters. The molecule has 104 valence electrons. The smallest absolute Gasteiger partial charge is 0.259 e. The molecule has 0 atom stereocenters. The van der Waals surface area contributed by atoms with Crippen molar-refractivity contribution in [3.8, 4) is 5.75 Å². The van der Waals surface area contributed by atoms with Gasteiger partial charge in [-0.15, -0.1) is 0 Å². The van der Waals surface area contributed by atoms with Gasteiger partial charge in [-0.1, -0.05) is 12.1 Å². The lowest BCUT2D eigenvalue weighted by Crippen LogP contribution is -2.16. The summed E-state index contributed by atoms with van der Waals surface area (Å²) in [6.45, 7) is 0. The average Bonchev–Trinajstić information content (AvgIpc) is 2.38. The van der Waals surface area contributed by atoms with Gasteiger partial charge in [-0.25, -0.2) is 4.39 Å². The number of carbonyl (C=O) groups excluding carboxylic acids is 1. The van der Waals surface area contributed by atoms with Crippen molar-refractivity contribution in [3.63, 3.8) is 0 Å². The summed E-state index contributed by atoms with van der Waals surface area (Å²) in [5, 5.41) is 12.3. The van der Waals surface area contributed by atoms with E-state index in [2.05, 4.69) is 5.32 Å². The molecule has 5 heteroatoms. The lowest BCUT2D eigenvalue weighted by Gasteiger charge is -2.17. The van der Waals surface area contributed by atoms with E-state index < -0.39 is 11.7 Å². The maximum Gasteiger partial charge on any atom is 0.259 e. The van der Waals surface area contributed by atoms with Crippen LogP contribution in [0.2, 0.25) is 0 Å². The number of aromatic hydroxyl groups is 1. The first-order valence-corrected chi connectivity index (χ1v) is 6.05. The summed E-state index contributed by atoms with van der Waals surface area (Å²) in [5.41, 5.74) is 1.48. The third kappa shape index (κ3) is 2.88. The zero-order chi connectivity index (χ0) is 14.7. The van der Waals surface area contributed by atoms with Gasteiger partial charge in [-0.3, -0.25) is 4.79 Å². The maximum absolute atomic E-state index is 12.9. The monoisotopic (exact) mass is 274 g/mol. The molecule has 0 saturated carbocycles. The molecule has 0 aliphatic heterocycles. The SMILES string of the molecule is CN(C)c1ccccc1NC(=O)c1ccc(F)cc1O. The van der Waals surface area contributed by atoms with Crippen molar-refractivity contribution in [1.82, 2.24) is 0 Å². The van der Waals surface area contributed by atoms with Gasteiger partial charge < -0.3 is 15.3 Å². The number of rotatable bonds is 3. The molecule has 0 aromatic heterocycles. The molecular formula is C15H15FN2O2. The summed E-state index contributed by atoms with van der Waals surface area (Å²) in [6, 6.07) is 10.6. The number of carbonyl (C=O) groups is 1. The van der Waals surface area contributed by atoms with Crippen LogP contribution in [-0.4, -0.2) is 25.1 Å². The molecule has 1 amide bonds. The minimum atomic E-state index is -0.590. The number of hydrogen-bond donors (Lipinski definition) is 2. The van der Waals surface area contributed by atoms with Crippen molar-refractivity contribution in [2.75, 3.05) is 24.3 Å². The molecule has 0 spiro atoms. The van der Waals surface area contributed by atoms with E-state index in [0.717, 1.165) is 17.8 Å². The molecule has 0 aliphatic carbocycles. The van der Waals surface area contributed by atoms with Gasteiger partial charge in [0.15, 0.2) is 0 Å². The van der Waals surface area contributed by atoms with Crippen molar-refractivity contribution < 1.29 is 14.3 Å². The Morgan fingerprint density at radius 2 is 1.90 bits per heavy atom. The van der Waals surface area contributed by atoms with Gasteiger partial charge in [0.05, 0.1) is 16.9 Å². The van der Waals surface area contributed by atoms with Crippen LogP contribution in [-0.2, 0) is 0 Å². The van der Waals surface area contributed by atoms with Gasteiger partial charge in [-0.05, 0) is 24.3 Å². The topological polar surface area (TPSA) is 52.6 Å². The van der Waals surface area contributed by atoms with Crippen LogP contribution in [0, 0.1) is 5.82 Å². The molecule has 4 nitrogen and oxygen atoms in total. The molecule has 0 fully saturated rings. The van der Waals surface area contributed by atoms with E-state index in [1.165, 1.54) is 6.07 Å². The first-order chi connectivity index (χ1) is 9.49. The second-order valence-electron chi connectivity index (χ2n) is 4.53. The predicted octanol–water partition coefficient (Wildman–Crippen LogP) is 2.85. The van der Waals surface area contributed by atoms with Gasteiger partial charge in [0.2, 0.25) is 0 Å². The first-order valence-electron chi connectivity index (χ1n) is 6.05. The standard InChI is InChI=1S/C15H15FN2O2/c1-18(2)13-6-4-3-5-12(13)17-15(20)11-8-7-10(16)9-14(11)19/h3-9,19H,1-2H3,(H,17,20). The van der Waals surface area contributed by atoms with Gasteiger partial charge in [0, 0.05) is 20.2 Å². The Bertz CT molecular complexity index is 642. The summed E-state index contributed by atoms with van der Waals surface area (Å²) in [5.74, 6) is -1.46. The molecule has 2 rings (SSSR count). The largest absolute Gasteiger partial charge is 0.507 e. The number of nitrogens with one attached hydrogen (secondary N) is 1. The van der Waals surface area contributed by atoms with Crippen LogP contribution in [0.15, 0.2) is 42.5 Å². The third-order valence-electron chi connectivity index (χ3n) is 2.84. The number of para-hydroxylation sites is 2. The highest BCUT2D eigenvalue weighted by Gasteiger charge is 2.14. The van der Waals surface area contributed by atoms with E-state index in [0.29, 0.717) is 5.69 Å². The molecule has 20 heavy (non-hydrogen) atoms. The van der Waals surface area contributed by atoms with Crippen LogP contribution in [0.4, 0.5) is 15.8 Å². The Labute approximate surface area is 116 Å². The number of anilines is 2. The fourth-order valence-corrected chi connectivity index (χ4v) is 1.86. The molecule has 2 aromatic rings. The predicted molar refractivity (Wildman–Crippen MR) is 76.8 cm³/mol. The molecule has 0 saturated heterocycles. The second kappa shape index (κ2) is 5.61. The van der Waals surface area contributed by atoms with Gasteiger partial charge in [0.25, 0.3) is 5.91 Å². The number of amides is 1. The Morgan fingerprint density at radius 3 is 2.55 bits per heavy atom. The molecule has 2 aromatic carbocycles. The Hall–Kier alpha value is -2.56. The lowest BCUT2D eigenvalue weighted by molar-refractivity contribution is 0.102. The summed E-state index contributed by atoms with van der Waals surface area (Å²) in [4.78, 5) is 14.0. The van der Waals surface area contributed by atoms with Crippen LogP contribution in [0.1, 0.15) is 10.4 Å². The highest BCUT2D eigenvalue weighted by molar-refractivity contribution is 6.07. The number of hydrogen-bond acceptors (Lipinski definition) is 3. The van der Waals surface area contributed by atoms with E-state index in [-0.39, 0.29) is 11.3 Å². The summed E-state index contributed by atoms with van der Waals surface area (Å²) in [7, 11) is 3.72. The molecule has 0 bridgehead atoms. The van der Waals surface area contributed by atoms with Crippen LogP contribution in [0.5, 0.6) is 5.75 Å². The highest BCUT2D eigenvalue weighted by Crippen LogP contribution is 2.25. The maximum atomic E-state index is 12.9. The minimum Gasteiger partial charge on any atom is -0.507 e. The number of benzene rings is 2. The minimum absolute atomic E-state index is 0.0277. The molecule has 0 radical (unpaired) electrons. The fourth-order valence-electron chi connectivity index (χ4n) is 1.86. The number of nitrogens with zero attached hydrogens (tertiary/aromatic N) is 1. The van der Waals surface area contributed by atoms with E-state index in [1.54, 1.807) is 12.1 Å². The van der Waals surface area contributed by atoms with Crippen LogP contribution in [0.25, 0.3) is 0 Å². The lowest BCUT2D eigenvalue weighted by atomic mass is 10.1. The third-order valence-corrected chi connectivity index (χ3v) is 2.84. The van der Waals surface area contributed by atoms with E-state index in [4.69, 9.17) is 0 Å². The van der Waals surface area contributed by atoms with Crippen molar-refractivity contribution in [2.24, 2.45) is 0 Å². The average molecular weight is 274 g/mol. The fraction of sp³-hybridized carbons (Fsp3) is 0.133. The van der Waals surface area contributed by atoms with Gasteiger partial charge in [0.1, 0.15) is 11.6 Å². The van der Waals surface area contributed by atoms with Crippen LogP contribution >= 0.6 is 0 Å². The first kappa shape index (κ1) is 13.9. The molecular weight excluding hydrogens is 259 g/mol. The molecule has 0 heterocycles. The van der Waals surface area contributed by atoms with Gasteiger partial charge in [-0.2, -0.15) is 0 Å². The van der Waals surface area contributed by atoms with Gasteiger partial charge >= 0.3 is 0 Å². The summed E-state index contributed by atoms with van der Waals surface area (Å²) < 4.78 is 12.9. The number of phenols is 1. The number of halogens is 1.